The van der Waals surface area contributed by atoms with Crippen LogP contribution in [-0.2, 0) is 12.0 Å². The molecule has 23 heavy (non-hydrogen) atoms. The molecule has 1 rings (SSSR count). The summed E-state index contributed by atoms with van der Waals surface area (Å²) in [7, 11) is 0. The smallest absolute Gasteiger partial charge is 0.119 e. The number of hydrogen-bond donors (Lipinski definition) is 3. The lowest BCUT2D eigenvalue weighted by atomic mass is 9.85. The molecule has 0 saturated carbocycles. The molecule has 132 valence electrons. The number of nitrogens with zero attached hydrogens (tertiary/aromatic N) is 1. The zero-order chi connectivity index (χ0) is 17.3. The number of phenolic OH excluding ortho intramolecular Hbond substituents is 1. The standard InChI is InChI=1S/C19H33NO3/c1-19(2,3)17-14-16(8-9-18(17)23)15-20(10-4-6-12-21)11-5-7-13-22/h8-9,14,21-23H,4-7,10-13,15H2,1-3H3. The summed E-state index contributed by atoms with van der Waals surface area (Å²) in [6.07, 6.45) is 3.58. The first kappa shape index (κ1) is 19.9. The van der Waals surface area contributed by atoms with E-state index < -0.39 is 0 Å². The van der Waals surface area contributed by atoms with Gasteiger partial charge in [-0.2, -0.15) is 0 Å². The van der Waals surface area contributed by atoms with E-state index >= 15 is 0 Å². The van der Waals surface area contributed by atoms with E-state index in [4.69, 9.17) is 10.2 Å². The lowest BCUT2D eigenvalue weighted by Crippen LogP contribution is -2.26. The molecule has 4 nitrogen and oxygen atoms in total. The number of benzene rings is 1. The van der Waals surface area contributed by atoms with Gasteiger partial charge in [0.1, 0.15) is 5.75 Å². The molecule has 0 unspecified atom stereocenters. The fraction of sp³-hybridized carbons (Fsp3) is 0.684. The third-order valence-corrected chi connectivity index (χ3v) is 4.04. The summed E-state index contributed by atoms with van der Waals surface area (Å²) in [5.41, 5.74) is 2.08. The lowest BCUT2D eigenvalue weighted by Gasteiger charge is -2.25. The first-order chi connectivity index (χ1) is 10.9. The van der Waals surface area contributed by atoms with Crippen molar-refractivity contribution in [3.8, 4) is 5.75 Å². The topological polar surface area (TPSA) is 63.9 Å². The van der Waals surface area contributed by atoms with Crippen molar-refractivity contribution < 1.29 is 15.3 Å². The Bertz CT molecular complexity index is 444. The van der Waals surface area contributed by atoms with Crippen LogP contribution in [0.1, 0.15) is 57.6 Å². The average Bonchev–Trinajstić information content (AvgIpc) is 2.48. The first-order valence-electron chi connectivity index (χ1n) is 8.65. The van der Waals surface area contributed by atoms with Gasteiger partial charge in [-0.25, -0.2) is 0 Å². The molecule has 0 radical (unpaired) electrons. The van der Waals surface area contributed by atoms with Crippen LogP contribution in [0.4, 0.5) is 0 Å². The second kappa shape index (κ2) is 9.91. The Hall–Kier alpha value is -1.10. The van der Waals surface area contributed by atoms with E-state index in [1.807, 2.05) is 6.07 Å². The van der Waals surface area contributed by atoms with Crippen LogP contribution in [0, 0.1) is 0 Å². The van der Waals surface area contributed by atoms with E-state index in [2.05, 4.69) is 31.7 Å². The molecular formula is C19H33NO3. The summed E-state index contributed by atoms with van der Waals surface area (Å²) >= 11 is 0. The zero-order valence-corrected chi connectivity index (χ0v) is 14.9. The van der Waals surface area contributed by atoms with E-state index in [-0.39, 0.29) is 18.6 Å². The summed E-state index contributed by atoms with van der Waals surface area (Å²) < 4.78 is 0. The largest absolute Gasteiger partial charge is 0.508 e. The highest BCUT2D eigenvalue weighted by atomic mass is 16.3. The van der Waals surface area contributed by atoms with Crippen molar-refractivity contribution in [3.63, 3.8) is 0 Å². The van der Waals surface area contributed by atoms with Crippen molar-refractivity contribution in [2.45, 2.75) is 58.4 Å². The molecule has 3 N–H and O–H groups in total. The highest BCUT2D eigenvalue weighted by Crippen LogP contribution is 2.31. The Morgan fingerprint density at radius 2 is 1.48 bits per heavy atom. The van der Waals surface area contributed by atoms with E-state index in [0.717, 1.165) is 50.9 Å². The molecule has 1 aromatic carbocycles. The normalized spacial score (nSPS) is 12.1. The highest BCUT2D eigenvalue weighted by Gasteiger charge is 2.18. The summed E-state index contributed by atoms with van der Waals surface area (Å²) in [6.45, 7) is 9.50. The number of aliphatic hydroxyl groups excluding tert-OH is 2. The maximum atomic E-state index is 10.1. The van der Waals surface area contributed by atoms with Gasteiger partial charge in [0.15, 0.2) is 0 Å². The number of aliphatic hydroxyl groups is 2. The van der Waals surface area contributed by atoms with Crippen molar-refractivity contribution in [2.75, 3.05) is 26.3 Å². The van der Waals surface area contributed by atoms with Gasteiger partial charge in [-0.3, -0.25) is 4.90 Å². The monoisotopic (exact) mass is 323 g/mol. The zero-order valence-electron chi connectivity index (χ0n) is 14.9. The van der Waals surface area contributed by atoms with Crippen LogP contribution >= 0.6 is 0 Å². The summed E-state index contributed by atoms with van der Waals surface area (Å²) in [5, 5.41) is 28.0. The molecule has 0 aliphatic rings. The lowest BCUT2D eigenvalue weighted by molar-refractivity contribution is 0.221. The van der Waals surface area contributed by atoms with Gasteiger partial charge < -0.3 is 15.3 Å². The van der Waals surface area contributed by atoms with Crippen LogP contribution in [0.2, 0.25) is 0 Å². The van der Waals surface area contributed by atoms with Crippen molar-refractivity contribution in [1.29, 1.82) is 0 Å². The van der Waals surface area contributed by atoms with Crippen molar-refractivity contribution in [1.82, 2.24) is 4.90 Å². The predicted octanol–water partition coefficient (Wildman–Crippen LogP) is 3.04. The van der Waals surface area contributed by atoms with Gasteiger partial charge in [-0.05, 0) is 61.4 Å². The fourth-order valence-corrected chi connectivity index (χ4v) is 2.70. The molecule has 1 aromatic rings. The minimum Gasteiger partial charge on any atom is -0.508 e. The summed E-state index contributed by atoms with van der Waals surface area (Å²) in [6, 6.07) is 5.87. The predicted molar refractivity (Wildman–Crippen MR) is 94.7 cm³/mol. The van der Waals surface area contributed by atoms with Crippen molar-refractivity contribution in [3.05, 3.63) is 29.3 Å². The molecule has 0 aliphatic heterocycles. The maximum absolute atomic E-state index is 10.1. The van der Waals surface area contributed by atoms with Gasteiger partial charge in [-0.1, -0.05) is 32.9 Å². The molecule has 0 fully saturated rings. The molecule has 0 atom stereocenters. The maximum Gasteiger partial charge on any atom is 0.119 e. The number of phenols is 1. The Morgan fingerprint density at radius 1 is 0.913 bits per heavy atom. The van der Waals surface area contributed by atoms with Gasteiger partial charge in [0.05, 0.1) is 0 Å². The highest BCUT2D eigenvalue weighted by molar-refractivity contribution is 5.40. The third-order valence-electron chi connectivity index (χ3n) is 4.04. The SMILES string of the molecule is CC(C)(C)c1cc(CN(CCCCO)CCCCO)ccc1O. The van der Waals surface area contributed by atoms with Crippen LogP contribution in [0.5, 0.6) is 5.75 Å². The van der Waals surface area contributed by atoms with Gasteiger partial charge in [0.25, 0.3) is 0 Å². The minimum atomic E-state index is -0.0846. The quantitative estimate of drug-likeness (QED) is 0.579. The number of unbranched alkanes of at least 4 members (excludes halogenated alkanes) is 2. The molecule has 0 aliphatic carbocycles. The molecular weight excluding hydrogens is 290 g/mol. The molecule has 0 saturated heterocycles. The van der Waals surface area contributed by atoms with Gasteiger partial charge in [0, 0.05) is 19.8 Å². The Morgan fingerprint density at radius 3 is 1.96 bits per heavy atom. The molecule has 0 bridgehead atoms. The molecule has 0 spiro atoms. The number of aromatic hydroxyl groups is 1. The number of hydrogen-bond acceptors (Lipinski definition) is 4. The molecule has 0 heterocycles. The Balaban J connectivity index is 2.76. The van der Waals surface area contributed by atoms with Crippen LogP contribution in [0.25, 0.3) is 0 Å². The second-order valence-corrected chi connectivity index (χ2v) is 7.24. The Kier molecular flexibility index (Phi) is 8.59. The van der Waals surface area contributed by atoms with Crippen molar-refractivity contribution in [2.24, 2.45) is 0 Å². The van der Waals surface area contributed by atoms with E-state index in [9.17, 15) is 5.11 Å². The van der Waals surface area contributed by atoms with Crippen LogP contribution in [-0.4, -0.2) is 46.5 Å². The van der Waals surface area contributed by atoms with E-state index in [1.54, 1.807) is 6.07 Å². The Labute approximate surface area is 140 Å². The first-order valence-corrected chi connectivity index (χ1v) is 8.65. The van der Waals surface area contributed by atoms with Crippen molar-refractivity contribution >= 4 is 0 Å². The third kappa shape index (κ3) is 7.34. The summed E-state index contributed by atoms with van der Waals surface area (Å²) in [4.78, 5) is 2.37. The van der Waals surface area contributed by atoms with Crippen LogP contribution < -0.4 is 0 Å². The van der Waals surface area contributed by atoms with Gasteiger partial charge in [0.2, 0.25) is 0 Å². The van der Waals surface area contributed by atoms with Gasteiger partial charge >= 0.3 is 0 Å². The van der Waals surface area contributed by atoms with Crippen LogP contribution in [0.15, 0.2) is 18.2 Å². The number of rotatable bonds is 10. The van der Waals surface area contributed by atoms with E-state index in [0.29, 0.717) is 5.75 Å². The molecule has 0 amide bonds. The summed E-state index contributed by atoms with van der Waals surface area (Å²) in [5.74, 6) is 0.355. The van der Waals surface area contributed by atoms with Gasteiger partial charge in [-0.15, -0.1) is 0 Å². The van der Waals surface area contributed by atoms with Crippen LogP contribution in [0.3, 0.4) is 0 Å². The molecule has 0 aromatic heterocycles. The average molecular weight is 323 g/mol. The van der Waals surface area contributed by atoms with E-state index in [1.165, 1.54) is 5.56 Å². The fourth-order valence-electron chi connectivity index (χ4n) is 2.70. The minimum absolute atomic E-state index is 0.0846. The molecule has 4 heteroatoms. The second-order valence-electron chi connectivity index (χ2n) is 7.24.